The second kappa shape index (κ2) is 6.06. The Kier molecular flexibility index (Phi) is 5.02. The Morgan fingerprint density at radius 3 is 2.62 bits per heavy atom. The maximum Gasteiger partial charge on any atom is 0.133 e. The molecule has 1 heterocycles. The average molecular weight is 241 g/mol. The Balaban J connectivity index is 2.90. The van der Waals surface area contributed by atoms with Gasteiger partial charge in [-0.25, -0.2) is 9.97 Å². The number of rotatable bonds is 5. The van der Waals surface area contributed by atoms with E-state index in [1.54, 1.807) is 11.8 Å². The number of thioether (sulfide) groups is 1. The first-order valence-electron chi connectivity index (χ1n) is 5.39. The molecular weight excluding hydrogens is 222 g/mol. The lowest BCUT2D eigenvalue weighted by Crippen LogP contribution is -2.05. The number of anilines is 1. The normalized spacial score (nSPS) is 12.6. The van der Waals surface area contributed by atoms with Gasteiger partial charge in [-0.3, -0.25) is 0 Å². The average Bonchev–Trinajstić information content (AvgIpc) is 2.23. The molecular formula is C11H19N3OS. The summed E-state index contributed by atoms with van der Waals surface area (Å²) in [6, 6.07) is 0. The van der Waals surface area contributed by atoms with E-state index in [0.29, 0.717) is 5.25 Å². The largest absolute Gasteiger partial charge is 0.396 e. The van der Waals surface area contributed by atoms with Crippen LogP contribution in [0, 0.1) is 13.8 Å². The van der Waals surface area contributed by atoms with Crippen LogP contribution in [-0.2, 0) is 0 Å². The summed E-state index contributed by atoms with van der Waals surface area (Å²) in [5.41, 5.74) is 1.07. The molecule has 1 unspecified atom stereocenters. The van der Waals surface area contributed by atoms with Gasteiger partial charge in [0, 0.05) is 24.5 Å². The van der Waals surface area contributed by atoms with Gasteiger partial charge >= 0.3 is 0 Å². The minimum absolute atomic E-state index is 0.218. The Bertz CT molecular complexity index is 357. The number of aryl methyl sites for hydroxylation is 1. The minimum atomic E-state index is 0.218. The summed E-state index contributed by atoms with van der Waals surface area (Å²) in [5.74, 6) is 1.65. The molecule has 0 spiro atoms. The van der Waals surface area contributed by atoms with E-state index < -0.39 is 0 Å². The highest BCUT2D eigenvalue weighted by molar-refractivity contribution is 7.99. The first-order valence-corrected chi connectivity index (χ1v) is 6.27. The van der Waals surface area contributed by atoms with Gasteiger partial charge in [0.15, 0.2) is 0 Å². The lowest BCUT2D eigenvalue weighted by atomic mass is 10.3. The fraction of sp³-hybridized carbons (Fsp3) is 0.636. The third kappa shape index (κ3) is 3.35. The third-order valence-electron chi connectivity index (χ3n) is 2.30. The Hall–Kier alpha value is -0.810. The number of aliphatic hydroxyl groups excluding tert-OH is 1. The van der Waals surface area contributed by atoms with Crippen LogP contribution in [0.2, 0.25) is 0 Å². The highest BCUT2D eigenvalue weighted by atomic mass is 32.2. The van der Waals surface area contributed by atoms with Crippen molar-refractivity contribution in [3.8, 4) is 0 Å². The molecule has 0 saturated carbocycles. The SMILES string of the molecule is CNc1nc(C)nc(SC(C)CCO)c1C. The maximum absolute atomic E-state index is 8.88. The van der Waals surface area contributed by atoms with Gasteiger partial charge < -0.3 is 10.4 Å². The standard InChI is InChI=1S/C11H19N3OS/c1-7(5-6-15)16-11-8(2)10(12-4)13-9(3)14-11/h7,15H,5-6H2,1-4H3,(H,12,13,14). The molecule has 16 heavy (non-hydrogen) atoms. The Morgan fingerprint density at radius 1 is 1.38 bits per heavy atom. The van der Waals surface area contributed by atoms with Gasteiger partial charge in [0.2, 0.25) is 0 Å². The molecule has 0 radical (unpaired) electrons. The summed E-state index contributed by atoms with van der Waals surface area (Å²) >= 11 is 1.69. The van der Waals surface area contributed by atoms with E-state index in [1.165, 1.54) is 0 Å². The molecule has 1 aromatic heterocycles. The van der Waals surface area contributed by atoms with Crippen LogP contribution in [0.4, 0.5) is 5.82 Å². The van der Waals surface area contributed by atoms with Gasteiger partial charge in [-0.2, -0.15) is 0 Å². The van der Waals surface area contributed by atoms with Crippen molar-refractivity contribution in [1.29, 1.82) is 0 Å². The van der Waals surface area contributed by atoms with Gasteiger partial charge in [0.25, 0.3) is 0 Å². The van der Waals surface area contributed by atoms with Gasteiger partial charge in [0.05, 0.1) is 0 Å². The fourth-order valence-corrected chi connectivity index (χ4v) is 2.45. The maximum atomic E-state index is 8.88. The Morgan fingerprint density at radius 2 is 2.06 bits per heavy atom. The van der Waals surface area contributed by atoms with E-state index in [9.17, 15) is 0 Å². The summed E-state index contributed by atoms with van der Waals surface area (Å²) in [6.07, 6.45) is 0.780. The number of aromatic nitrogens is 2. The highest BCUT2D eigenvalue weighted by Crippen LogP contribution is 2.29. The first kappa shape index (κ1) is 13.3. The molecule has 2 N–H and O–H groups in total. The number of nitrogens with zero attached hydrogens (tertiary/aromatic N) is 2. The van der Waals surface area contributed by atoms with Crippen LogP contribution in [0.25, 0.3) is 0 Å². The predicted molar refractivity (Wildman–Crippen MR) is 68.1 cm³/mol. The second-order valence-corrected chi connectivity index (χ2v) is 5.17. The molecule has 0 bridgehead atoms. The minimum Gasteiger partial charge on any atom is -0.396 e. The number of hydrogen-bond donors (Lipinski definition) is 2. The smallest absolute Gasteiger partial charge is 0.133 e. The number of hydrogen-bond acceptors (Lipinski definition) is 5. The molecule has 0 aliphatic rings. The number of nitrogens with one attached hydrogen (secondary N) is 1. The zero-order valence-electron chi connectivity index (χ0n) is 10.2. The summed E-state index contributed by atoms with van der Waals surface area (Å²) in [5, 5.41) is 13.3. The molecule has 5 heteroatoms. The first-order chi connectivity index (χ1) is 7.58. The molecule has 0 aromatic carbocycles. The third-order valence-corrected chi connectivity index (χ3v) is 3.56. The lowest BCUT2D eigenvalue weighted by molar-refractivity contribution is 0.289. The Labute approximate surface area is 101 Å². The summed E-state index contributed by atoms with van der Waals surface area (Å²) in [6.45, 7) is 6.22. The van der Waals surface area contributed by atoms with Crippen molar-refractivity contribution < 1.29 is 5.11 Å². The summed E-state index contributed by atoms with van der Waals surface area (Å²) in [7, 11) is 1.86. The van der Waals surface area contributed by atoms with Crippen LogP contribution in [0.3, 0.4) is 0 Å². The van der Waals surface area contributed by atoms with Crippen LogP contribution < -0.4 is 5.32 Å². The van der Waals surface area contributed by atoms with Crippen molar-refractivity contribution in [2.24, 2.45) is 0 Å². The molecule has 4 nitrogen and oxygen atoms in total. The van der Waals surface area contributed by atoms with Gasteiger partial charge in [-0.05, 0) is 20.3 Å². The van der Waals surface area contributed by atoms with Crippen LogP contribution in [0.5, 0.6) is 0 Å². The van der Waals surface area contributed by atoms with E-state index in [-0.39, 0.29) is 6.61 Å². The lowest BCUT2D eigenvalue weighted by Gasteiger charge is -2.13. The van der Waals surface area contributed by atoms with Crippen LogP contribution in [-0.4, -0.2) is 34.0 Å². The van der Waals surface area contributed by atoms with Crippen molar-refractivity contribution in [3.63, 3.8) is 0 Å². The molecule has 0 aliphatic heterocycles. The quantitative estimate of drug-likeness (QED) is 0.610. The van der Waals surface area contributed by atoms with Crippen molar-refractivity contribution >= 4 is 17.6 Å². The van der Waals surface area contributed by atoms with Crippen LogP contribution >= 0.6 is 11.8 Å². The van der Waals surface area contributed by atoms with E-state index in [0.717, 1.165) is 28.7 Å². The molecule has 0 fully saturated rings. The molecule has 1 aromatic rings. The van der Waals surface area contributed by atoms with E-state index in [4.69, 9.17) is 5.11 Å². The molecule has 0 aliphatic carbocycles. The monoisotopic (exact) mass is 241 g/mol. The predicted octanol–water partition coefficient (Wildman–Crippen LogP) is 2.00. The topological polar surface area (TPSA) is 58.0 Å². The van der Waals surface area contributed by atoms with Gasteiger partial charge in [-0.15, -0.1) is 11.8 Å². The molecule has 0 amide bonds. The van der Waals surface area contributed by atoms with Crippen LogP contribution in [0.15, 0.2) is 5.03 Å². The summed E-state index contributed by atoms with van der Waals surface area (Å²) in [4.78, 5) is 8.75. The van der Waals surface area contributed by atoms with E-state index in [1.807, 2.05) is 20.9 Å². The van der Waals surface area contributed by atoms with Gasteiger partial charge in [-0.1, -0.05) is 6.92 Å². The van der Waals surface area contributed by atoms with Crippen LogP contribution in [0.1, 0.15) is 24.7 Å². The highest BCUT2D eigenvalue weighted by Gasteiger charge is 2.12. The van der Waals surface area contributed by atoms with Crippen molar-refractivity contribution in [2.45, 2.75) is 37.5 Å². The molecule has 1 rings (SSSR count). The zero-order valence-corrected chi connectivity index (χ0v) is 11.1. The van der Waals surface area contributed by atoms with Crippen molar-refractivity contribution in [1.82, 2.24) is 9.97 Å². The zero-order chi connectivity index (χ0) is 12.1. The van der Waals surface area contributed by atoms with Gasteiger partial charge in [0.1, 0.15) is 16.7 Å². The molecule has 90 valence electrons. The molecule has 0 saturated heterocycles. The molecule has 1 atom stereocenters. The second-order valence-electron chi connectivity index (χ2n) is 3.74. The fourth-order valence-electron chi connectivity index (χ4n) is 1.39. The number of aliphatic hydroxyl groups is 1. The van der Waals surface area contributed by atoms with Crippen molar-refractivity contribution in [2.75, 3.05) is 19.0 Å². The summed E-state index contributed by atoms with van der Waals surface area (Å²) < 4.78 is 0. The van der Waals surface area contributed by atoms with E-state index >= 15 is 0 Å². The van der Waals surface area contributed by atoms with Crippen molar-refractivity contribution in [3.05, 3.63) is 11.4 Å². The van der Waals surface area contributed by atoms with E-state index in [2.05, 4.69) is 22.2 Å².